The summed E-state index contributed by atoms with van der Waals surface area (Å²) in [5.74, 6) is -0.756. The first-order valence-electron chi connectivity index (χ1n) is 8.77. The minimum atomic E-state index is -0.318. The van der Waals surface area contributed by atoms with E-state index in [0.717, 1.165) is 16.8 Å². The molecule has 0 bridgehead atoms. The third kappa shape index (κ3) is 5.01. The Hall–Kier alpha value is -3.06. The van der Waals surface area contributed by atoms with E-state index in [2.05, 4.69) is 15.6 Å². The molecule has 144 valence electrons. The summed E-state index contributed by atoms with van der Waals surface area (Å²) in [6, 6.07) is 13.5. The van der Waals surface area contributed by atoms with E-state index >= 15 is 0 Å². The van der Waals surface area contributed by atoms with Gasteiger partial charge in [0.15, 0.2) is 0 Å². The molecule has 0 unspecified atom stereocenters. The summed E-state index contributed by atoms with van der Waals surface area (Å²) in [4.78, 5) is 29.5. The van der Waals surface area contributed by atoms with Crippen molar-refractivity contribution < 1.29 is 14.0 Å². The number of hydrogen-bond donors (Lipinski definition) is 2. The van der Waals surface area contributed by atoms with Crippen molar-refractivity contribution in [1.82, 2.24) is 10.3 Å². The van der Waals surface area contributed by atoms with E-state index in [0.29, 0.717) is 22.1 Å². The lowest BCUT2D eigenvalue weighted by Gasteiger charge is -2.06. The molecular formula is C21H20FN3O2S. The second kappa shape index (κ2) is 8.75. The van der Waals surface area contributed by atoms with Gasteiger partial charge in [-0.05, 0) is 43.2 Å². The average Bonchev–Trinajstić information content (AvgIpc) is 3.03. The van der Waals surface area contributed by atoms with Gasteiger partial charge in [0.05, 0.1) is 12.1 Å². The zero-order valence-corrected chi connectivity index (χ0v) is 16.4. The summed E-state index contributed by atoms with van der Waals surface area (Å²) in [6.45, 7) is 3.96. The first-order chi connectivity index (χ1) is 13.4. The molecule has 3 aromatic rings. The number of para-hydroxylation sites is 1. The highest BCUT2D eigenvalue weighted by molar-refractivity contribution is 7.13. The van der Waals surface area contributed by atoms with E-state index in [4.69, 9.17) is 0 Å². The van der Waals surface area contributed by atoms with E-state index in [9.17, 15) is 14.0 Å². The number of aromatic nitrogens is 1. The third-order valence-electron chi connectivity index (χ3n) is 4.14. The van der Waals surface area contributed by atoms with E-state index in [-0.39, 0.29) is 24.1 Å². The van der Waals surface area contributed by atoms with Gasteiger partial charge in [0.2, 0.25) is 5.91 Å². The van der Waals surface area contributed by atoms with Gasteiger partial charge < -0.3 is 10.6 Å². The van der Waals surface area contributed by atoms with Crippen LogP contribution in [-0.4, -0.2) is 16.8 Å². The van der Waals surface area contributed by atoms with Crippen molar-refractivity contribution in [2.45, 2.75) is 26.8 Å². The lowest BCUT2D eigenvalue weighted by atomic mass is 10.2. The largest absolute Gasteiger partial charge is 0.347 e. The molecular weight excluding hydrogens is 377 g/mol. The molecule has 1 heterocycles. The zero-order valence-electron chi connectivity index (χ0n) is 15.6. The fourth-order valence-electron chi connectivity index (χ4n) is 2.65. The normalized spacial score (nSPS) is 10.5. The van der Waals surface area contributed by atoms with Crippen LogP contribution in [0.1, 0.15) is 31.5 Å². The first-order valence-corrected chi connectivity index (χ1v) is 9.58. The van der Waals surface area contributed by atoms with Crippen molar-refractivity contribution in [2.24, 2.45) is 0 Å². The van der Waals surface area contributed by atoms with Gasteiger partial charge in [-0.1, -0.05) is 30.3 Å². The quantitative estimate of drug-likeness (QED) is 0.660. The molecule has 0 atom stereocenters. The molecule has 0 saturated heterocycles. The fourth-order valence-corrected chi connectivity index (χ4v) is 3.63. The van der Waals surface area contributed by atoms with Gasteiger partial charge in [0, 0.05) is 12.2 Å². The molecule has 0 aliphatic carbocycles. The Bertz CT molecular complexity index is 999. The Morgan fingerprint density at radius 1 is 1.07 bits per heavy atom. The van der Waals surface area contributed by atoms with Gasteiger partial charge in [-0.15, -0.1) is 11.3 Å². The van der Waals surface area contributed by atoms with Crippen LogP contribution in [0, 0.1) is 19.7 Å². The second-order valence-electron chi connectivity index (χ2n) is 6.37. The first kappa shape index (κ1) is 19.7. The van der Waals surface area contributed by atoms with Crippen LogP contribution < -0.4 is 10.6 Å². The lowest BCUT2D eigenvalue weighted by Crippen LogP contribution is -2.22. The highest BCUT2D eigenvalue weighted by atomic mass is 32.1. The maximum absolute atomic E-state index is 12.9. The van der Waals surface area contributed by atoms with Crippen LogP contribution in [0.25, 0.3) is 0 Å². The maximum Gasteiger partial charge on any atom is 0.263 e. The van der Waals surface area contributed by atoms with Crippen LogP contribution in [0.3, 0.4) is 0 Å². The van der Waals surface area contributed by atoms with Crippen LogP contribution in [0.2, 0.25) is 0 Å². The highest BCUT2D eigenvalue weighted by Gasteiger charge is 2.17. The predicted octanol–water partition coefficient (Wildman–Crippen LogP) is 4.01. The molecule has 2 amide bonds. The molecule has 0 saturated carbocycles. The van der Waals surface area contributed by atoms with Gasteiger partial charge in [-0.3, -0.25) is 9.59 Å². The summed E-state index contributed by atoms with van der Waals surface area (Å²) in [7, 11) is 0. The lowest BCUT2D eigenvalue weighted by molar-refractivity contribution is -0.115. The van der Waals surface area contributed by atoms with Crippen molar-refractivity contribution >= 4 is 28.8 Å². The van der Waals surface area contributed by atoms with E-state index in [1.54, 1.807) is 19.1 Å². The number of carbonyl (C=O) groups excluding carboxylic acids is 2. The third-order valence-corrected chi connectivity index (χ3v) is 5.30. The Balaban J connectivity index is 1.60. The number of nitrogens with one attached hydrogen (secondary N) is 2. The van der Waals surface area contributed by atoms with Crippen molar-refractivity contribution in [3.05, 3.63) is 81.1 Å². The van der Waals surface area contributed by atoms with Crippen molar-refractivity contribution in [1.29, 1.82) is 0 Å². The minimum Gasteiger partial charge on any atom is -0.347 e. The van der Waals surface area contributed by atoms with E-state index in [1.807, 2.05) is 31.2 Å². The molecule has 0 radical (unpaired) electrons. The summed E-state index contributed by atoms with van der Waals surface area (Å²) in [5.41, 5.74) is 3.13. The molecule has 2 aromatic carbocycles. The fraction of sp³-hybridized carbons (Fsp3) is 0.190. The molecule has 3 rings (SSSR count). The molecule has 0 aliphatic heterocycles. The zero-order chi connectivity index (χ0) is 20.1. The molecule has 0 spiro atoms. The van der Waals surface area contributed by atoms with Gasteiger partial charge >= 0.3 is 0 Å². The second-order valence-corrected chi connectivity index (χ2v) is 7.45. The Kier molecular flexibility index (Phi) is 6.16. The Morgan fingerprint density at radius 2 is 1.79 bits per heavy atom. The molecule has 7 heteroatoms. The van der Waals surface area contributed by atoms with Crippen molar-refractivity contribution in [3.8, 4) is 0 Å². The van der Waals surface area contributed by atoms with Crippen molar-refractivity contribution in [2.75, 3.05) is 5.32 Å². The van der Waals surface area contributed by atoms with Crippen LogP contribution >= 0.6 is 11.3 Å². The van der Waals surface area contributed by atoms with Gasteiger partial charge in [-0.2, -0.15) is 0 Å². The molecule has 0 fully saturated rings. The minimum absolute atomic E-state index is 0.102. The number of aryl methyl sites for hydroxylation is 2. The maximum atomic E-state index is 12.9. The molecule has 5 nitrogen and oxygen atoms in total. The number of hydrogen-bond acceptors (Lipinski definition) is 4. The van der Waals surface area contributed by atoms with Crippen LogP contribution in [-0.2, 0) is 17.8 Å². The molecule has 28 heavy (non-hydrogen) atoms. The molecule has 0 aliphatic rings. The topological polar surface area (TPSA) is 71.1 Å². The average molecular weight is 397 g/mol. The summed E-state index contributed by atoms with van der Waals surface area (Å²) >= 11 is 1.20. The molecule has 2 N–H and O–H groups in total. The number of rotatable bonds is 6. The monoisotopic (exact) mass is 397 g/mol. The van der Waals surface area contributed by atoms with Gasteiger partial charge in [0.1, 0.15) is 15.7 Å². The van der Waals surface area contributed by atoms with E-state index < -0.39 is 0 Å². The smallest absolute Gasteiger partial charge is 0.263 e. The van der Waals surface area contributed by atoms with Crippen LogP contribution in [0.4, 0.5) is 10.1 Å². The number of thiazole rings is 1. The SMILES string of the molecule is Cc1ccccc1NC(=O)Cc1nc(C)c(C(=O)NCc2ccc(F)cc2)s1. The summed E-state index contributed by atoms with van der Waals surface area (Å²) < 4.78 is 12.9. The number of anilines is 1. The number of benzene rings is 2. The summed E-state index contributed by atoms with van der Waals surface area (Å²) in [5, 5.41) is 6.24. The molecule has 1 aromatic heterocycles. The number of amides is 2. The van der Waals surface area contributed by atoms with Crippen LogP contribution in [0.15, 0.2) is 48.5 Å². The summed E-state index contributed by atoms with van der Waals surface area (Å²) in [6.07, 6.45) is 0.102. The highest BCUT2D eigenvalue weighted by Crippen LogP contribution is 2.20. The van der Waals surface area contributed by atoms with E-state index in [1.165, 1.54) is 23.5 Å². The Morgan fingerprint density at radius 3 is 2.50 bits per heavy atom. The predicted molar refractivity (Wildman–Crippen MR) is 108 cm³/mol. The standard InChI is InChI=1S/C21H20FN3O2S/c1-13-5-3-4-6-17(13)25-18(26)11-19-24-14(2)20(28-19)21(27)23-12-15-7-9-16(22)10-8-15/h3-10H,11-12H2,1-2H3,(H,23,27)(H,25,26). The van der Waals surface area contributed by atoms with Crippen LogP contribution in [0.5, 0.6) is 0 Å². The number of nitrogens with zero attached hydrogens (tertiary/aromatic N) is 1. The number of carbonyl (C=O) groups is 2. The van der Waals surface area contributed by atoms with Gasteiger partial charge in [-0.25, -0.2) is 9.37 Å². The van der Waals surface area contributed by atoms with Crippen molar-refractivity contribution in [3.63, 3.8) is 0 Å². The number of halogens is 1. The Labute approximate surface area is 166 Å². The van der Waals surface area contributed by atoms with Gasteiger partial charge in [0.25, 0.3) is 5.91 Å².